The number of hydrogen-bond acceptors (Lipinski definition) is 6. The van der Waals surface area contributed by atoms with Crippen LogP contribution in [0.2, 0.25) is 0 Å². The topological polar surface area (TPSA) is 70.4 Å². The molecule has 0 saturated carbocycles. The van der Waals surface area contributed by atoms with Crippen LogP contribution in [0.25, 0.3) is 5.13 Å². The monoisotopic (exact) mass is 410 g/mol. The summed E-state index contributed by atoms with van der Waals surface area (Å²) in [6, 6.07) is 7.70. The molecule has 3 aromatic rings. The maximum atomic E-state index is 12.6. The van der Waals surface area contributed by atoms with Gasteiger partial charge in [-0.3, -0.25) is 9.36 Å². The summed E-state index contributed by atoms with van der Waals surface area (Å²) in [6.45, 7) is 3.25. The largest absolute Gasteiger partial charge is 0.482 e. The van der Waals surface area contributed by atoms with Crippen LogP contribution in [0.1, 0.15) is 39.3 Å². The zero-order valence-electron chi connectivity index (χ0n) is 16.4. The van der Waals surface area contributed by atoms with Gasteiger partial charge in [-0.2, -0.15) is 0 Å². The SMILES string of the molecule is Cc1cc(C(=O)COC(=O)COc2ccc3c(c2)CCC3)c(C)n1-c1nccs1. The average molecular weight is 410 g/mol. The van der Waals surface area contributed by atoms with Gasteiger partial charge in [0.1, 0.15) is 5.75 Å². The van der Waals surface area contributed by atoms with Crippen molar-refractivity contribution in [1.82, 2.24) is 9.55 Å². The lowest BCUT2D eigenvalue weighted by Gasteiger charge is -2.08. The number of ether oxygens (including phenoxy) is 2. The molecule has 0 bridgehead atoms. The molecule has 0 atom stereocenters. The van der Waals surface area contributed by atoms with E-state index in [2.05, 4.69) is 4.98 Å². The van der Waals surface area contributed by atoms with Crippen molar-refractivity contribution < 1.29 is 19.1 Å². The average Bonchev–Trinajstić information content (AvgIpc) is 3.44. The molecule has 0 spiro atoms. The van der Waals surface area contributed by atoms with Gasteiger partial charge in [0.25, 0.3) is 0 Å². The van der Waals surface area contributed by atoms with Gasteiger partial charge in [0.2, 0.25) is 5.78 Å². The van der Waals surface area contributed by atoms with Crippen molar-refractivity contribution in [3.05, 3.63) is 63.9 Å². The number of aryl methyl sites for hydroxylation is 3. The molecule has 0 unspecified atom stereocenters. The number of carbonyl (C=O) groups is 2. The van der Waals surface area contributed by atoms with Gasteiger partial charge < -0.3 is 9.47 Å². The fourth-order valence-corrected chi connectivity index (χ4v) is 4.46. The zero-order valence-corrected chi connectivity index (χ0v) is 17.3. The number of nitrogens with zero attached hydrogens (tertiary/aromatic N) is 2. The molecule has 2 heterocycles. The number of rotatable bonds is 7. The molecule has 6 nitrogen and oxygen atoms in total. The quantitative estimate of drug-likeness (QED) is 0.437. The molecule has 0 saturated heterocycles. The van der Waals surface area contributed by atoms with Gasteiger partial charge in [-0.1, -0.05) is 6.07 Å². The Morgan fingerprint density at radius 2 is 1.97 bits per heavy atom. The van der Waals surface area contributed by atoms with Crippen LogP contribution in [0.4, 0.5) is 0 Å². The summed E-state index contributed by atoms with van der Waals surface area (Å²) in [7, 11) is 0. The molecular formula is C22H22N2O4S. The van der Waals surface area contributed by atoms with Crippen LogP contribution in [0.15, 0.2) is 35.8 Å². The van der Waals surface area contributed by atoms with Crippen LogP contribution in [0.3, 0.4) is 0 Å². The fourth-order valence-electron chi connectivity index (χ4n) is 3.71. The molecule has 7 heteroatoms. The molecular weight excluding hydrogens is 388 g/mol. The van der Waals surface area contributed by atoms with Gasteiger partial charge in [-0.05, 0) is 62.4 Å². The smallest absolute Gasteiger partial charge is 0.344 e. The molecule has 2 aromatic heterocycles. The van der Waals surface area contributed by atoms with Crippen LogP contribution in [0.5, 0.6) is 5.75 Å². The first-order valence-electron chi connectivity index (χ1n) is 9.55. The lowest BCUT2D eigenvalue weighted by Crippen LogP contribution is -2.20. The second-order valence-corrected chi connectivity index (χ2v) is 7.96. The summed E-state index contributed by atoms with van der Waals surface area (Å²) in [5, 5.41) is 2.69. The van der Waals surface area contributed by atoms with Crippen LogP contribution >= 0.6 is 11.3 Å². The van der Waals surface area contributed by atoms with Crippen molar-refractivity contribution >= 4 is 23.1 Å². The van der Waals surface area contributed by atoms with Gasteiger partial charge in [0.15, 0.2) is 18.3 Å². The number of fused-ring (bicyclic) bond motifs is 1. The Morgan fingerprint density at radius 1 is 1.14 bits per heavy atom. The second kappa shape index (κ2) is 8.21. The highest BCUT2D eigenvalue weighted by Crippen LogP contribution is 2.26. The van der Waals surface area contributed by atoms with E-state index in [1.54, 1.807) is 12.3 Å². The van der Waals surface area contributed by atoms with Crippen molar-refractivity contribution in [2.24, 2.45) is 0 Å². The van der Waals surface area contributed by atoms with Crippen LogP contribution in [-0.2, 0) is 22.4 Å². The minimum Gasteiger partial charge on any atom is -0.482 e. The molecule has 4 rings (SSSR count). The first kappa shape index (κ1) is 19.4. The standard InChI is InChI=1S/C22H22N2O4S/c1-14-10-19(15(2)24(14)22-23-8-9-29-22)20(25)12-28-21(26)13-27-18-7-6-16-4-3-5-17(16)11-18/h6-11H,3-5,12-13H2,1-2H3. The van der Waals surface area contributed by atoms with Gasteiger partial charge in [0, 0.05) is 28.5 Å². The Labute approximate surface area is 173 Å². The Hall–Kier alpha value is -2.93. The van der Waals surface area contributed by atoms with E-state index in [0.717, 1.165) is 35.8 Å². The number of aromatic nitrogens is 2. The zero-order chi connectivity index (χ0) is 20.4. The molecule has 0 aliphatic heterocycles. The molecule has 0 N–H and O–H groups in total. The van der Waals surface area contributed by atoms with Crippen molar-refractivity contribution in [2.75, 3.05) is 13.2 Å². The summed E-state index contributed by atoms with van der Waals surface area (Å²) in [5.74, 6) is -0.153. The van der Waals surface area contributed by atoms with Gasteiger partial charge >= 0.3 is 5.97 Å². The Morgan fingerprint density at radius 3 is 2.76 bits per heavy atom. The number of Topliss-reactive ketones (excluding diaryl/α,β-unsaturated/α-hetero) is 1. The summed E-state index contributed by atoms with van der Waals surface area (Å²) >= 11 is 1.50. The summed E-state index contributed by atoms with van der Waals surface area (Å²) in [4.78, 5) is 28.9. The van der Waals surface area contributed by atoms with Crippen molar-refractivity contribution in [2.45, 2.75) is 33.1 Å². The molecule has 1 aromatic carbocycles. The summed E-state index contributed by atoms with van der Waals surface area (Å²) in [6.07, 6.45) is 5.03. The van der Waals surface area contributed by atoms with Crippen LogP contribution in [0, 0.1) is 13.8 Å². The summed E-state index contributed by atoms with van der Waals surface area (Å²) in [5.41, 5.74) is 4.85. The van der Waals surface area contributed by atoms with Crippen molar-refractivity contribution in [3.63, 3.8) is 0 Å². The lowest BCUT2D eigenvalue weighted by molar-refractivity contribution is -0.144. The Kier molecular flexibility index (Phi) is 5.49. The first-order chi connectivity index (χ1) is 14.0. The van der Waals surface area contributed by atoms with E-state index >= 15 is 0 Å². The maximum Gasteiger partial charge on any atom is 0.344 e. The highest BCUT2D eigenvalue weighted by molar-refractivity contribution is 7.12. The minimum absolute atomic E-state index is 0.218. The predicted molar refractivity (Wildman–Crippen MR) is 110 cm³/mol. The second-order valence-electron chi connectivity index (χ2n) is 7.09. The Balaban J connectivity index is 1.33. The highest BCUT2D eigenvalue weighted by Gasteiger charge is 2.19. The van der Waals surface area contributed by atoms with Crippen molar-refractivity contribution in [3.8, 4) is 10.9 Å². The van der Waals surface area contributed by atoms with Crippen LogP contribution in [-0.4, -0.2) is 34.5 Å². The number of ketones is 1. The highest BCUT2D eigenvalue weighted by atomic mass is 32.1. The molecule has 0 amide bonds. The lowest BCUT2D eigenvalue weighted by atomic mass is 10.1. The van der Waals surface area contributed by atoms with E-state index in [9.17, 15) is 9.59 Å². The maximum absolute atomic E-state index is 12.6. The third-order valence-corrected chi connectivity index (χ3v) is 5.89. The number of carbonyl (C=O) groups excluding carboxylic acids is 2. The third-order valence-electron chi connectivity index (χ3n) is 5.13. The van der Waals surface area contributed by atoms with Gasteiger partial charge in [0.05, 0.1) is 0 Å². The third kappa shape index (κ3) is 4.10. The first-order valence-corrected chi connectivity index (χ1v) is 10.4. The number of thiazole rings is 1. The number of benzene rings is 1. The van der Waals surface area contributed by atoms with E-state index in [0.29, 0.717) is 11.3 Å². The molecule has 1 aliphatic carbocycles. The van der Waals surface area contributed by atoms with E-state index in [1.165, 1.54) is 22.5 Å². The number of hydrogen-bond donors (Lipinski definition) is 0. The van der Waals surface area contributed by atoms with E-state index in [1.807, 2.05) is 42.0 Å². The molecule has 0 radical (unpaired) electrons. The fraction of sp³-hybridized carbons (Fsp3) is 0.318. The Bertz CT molecular complexity index is 1050. The molecule has 29 heavy (non-hydrogen) atoms. The van der Waals surface area contributed by atoms with Crippen molar-refractivity contribution in [1.29, 1.82) is 0 Å². The van der Waals surface area contributed by atoms with Gasteiger partial charge in [-0.15, -0.1) is 11.3 Å². The molecule has 1 aliphatic rings. The van der Waals surface area contributed by atoms with Crippen LogP contribution < -0.4 is 4.74 Å². The molecule has 0 fully saturated rings. The number of esters is 1. The minimum atomic E-state index is -0.562. The summed E-state index contributed by atoms with van der Waals surface area (Å²) < 4.78 is 12.6. The normalized spacial score (nSPS) is 12.6. The molecule has 150 valence electrons. The van der Waals surface area contributed by atoms with Gasteiger partial charge in [-0.25, -0.2) is 9.78 Å². The van der Waals surface area contributed by atoms with E-state index in [-0.39, 0.29) is 19.0 Å². The predicted octanol–water partition coefficient (Wildman–Crippen LogP) is 3.84. The van der Waals surface area contributed by atoms with E-state index in [4.69, 9.17) is 9.47 Å². The van der Waals surface area contributed by atoms with E-state index < -0.39 is 5.97 Å².